The molecule has 0 unspecified atom stereocenters. The summed E-state index contributed by atoms with van der Waals surface area (Å²) < 4.78 is -1.34. The van der Waals surface area contributed by atoms with Gasteiger partial charge >= 0.3 is 0 Å². The number of rotatable bonds is 4. The van der Waals surface area contributed by atoms with Crippen LogP contribution in [0.5, 0.6) is 0 Å². The van der Waals surface area contributed by atoms with Crippen molar-refractivity contribution in [3.63, 3.8) is 0 Å². The van der Waals surface area contributed by atoms with Crippen LogP contribution in [-0.4, -0.2) is 10.2 Å². The van der Waals surface area contributed by atoms with Crippen LogP contribution in [0.1, 0.15) is 19.8 Å². The molecule has 0 bridgehead atoms. The summed E-state index contributed by atoms with van der Waals surface area (Å²) in [6, 6.07) is 9.11. The number of benzene rings is 1. The molecule has 0 fully saturated rings. The summed E-state index contributed by atoms with van der Waals surface area (Å²) in [6.07, 6.45) is 1.20. The van der Waals surface area contributed by atoms with Gasteiger partial charge in [-0.2, -0.15) is 0 Å². The highest BCUT2D eigenvalue weighted by molar-refractivity contribution is 6.59. The molecule has 0 aliphatic carbocycles. The van der Waals surface area contributed by atoms with Crippen molar-refractivity contribution in [1.29, 1.82) is 0 Å². The first-order chi connectivity index (χ1) is 7.06. The molecular formula is C11H13Cl2NO. The molecule has 15 heavy (non-hydrogen) atoms. The van der Waals surface area contributed by atoms with E-state index in [1.807, 2.05) is 25.1 Å². The topological polar surface area (TPSA) is 29.1 Å². The Morgan fingerprint density at radius 2 is 1.93 bits per heavy atom. The molecule has 0 heterocycles. The minimum Gasteiger partial charge on any atom is -0.323 e. The van der Waals surface area contributed by atoms with Crippen LogP contribution in [0.15, 0.2) is 30.3 Å². The summed E-state index contributed by atoms with van der Waals surface area (Å²) in [7, 11) is 0. The Hall–Kier alpha value is -0.730. The van der Waals surface area contributed by atoms with Gasteiger partial charge in [-0.3, -0.25) is 4.79 Å². The van der Waals surface area contributed by atoms with E-state index in [1.165, 1.54) is 0 Å². The number of carbonyl (C=O) groups is 1. The fourth-order valence-corrected chi connectivity index (χ4v) is 1.64. The highest BCUT2D eigenvalue weighted by atomic mass is 35.5. The number of alkyl halides is 2. The largest absolute Gasteiger partial charge is 0.323 e. The molecule has 0 saturated heterocycles. The predicted octanol–water partition coefficient (Wildman–Crippen LogP) is 3.60. The molecule has 0 radical (unpaired) electrons. The maximum atomic E-state index is 11.6. The van der Waals surface area contributed by atoms with E-state index in [2.05, 4.69) is 5.32 Å². The van der Waals surface area contributed by atoms with Crippen LogP contribution in [-0.2, 0) is 4.79 Å². The minimum absolute atomic E-state index is 0.376. The Balaban J connectivity index is 2.63. The second kappa shape index (κ2) is 5.38. The second-order valence-electron chi connectivity index (χ2n) is 3.27. The zero-order valence-corrected chi connectivity index (χ0v) is 9.98. The van der Waals surface area contributed by atoms with Gasteiger partial charge in [-0.05, 0) is 18.6 Å². The van der Waals surface area contributed by atoms with Gasteiger partial charge in [0.1, 0.15) is 0 Å². The summed E-state index contributed by atoms with van der Waals surface area (Å²) in [6.45, 7) is 1.93. The molecule has 1 N–H and O–H groups in total. The van der Waals surface area contributed by atoms with Gasteiger partial charge in [-0.25, -0.2) is 0 Å². The molecule has 2 nitrogen and oxygen atoms in total. The van der Waals surface area contributed by atoms with Gasteiger partial charge < -0.3 is 5.32 Å². The van der Waals surface area contributed by atoms with Crippen LogP contribution >= 0.6 is 23.2 Å². The lowest BCUT2D eigenvalue weighted by Gasteiger charge is -2.17. The van der Waals surface area contributed by atoms with E-state index in [9.17, 15) is 4.79 Å². The molecule has 0 aliphatic heterocycles. The number of halogens is 2. The number of amides is 1. The maximum Gasteiger partial charge on any atom is 0.260 e. The van der Waals surface area contributed by atoms with E-state index in [0.717, 1.165) is 6.42 Å². The minimum atomic E-state index is -1.34. The van der Waals surface area contributed by atoms with Crippen molar-refractivity contribution in [1.82, 2.24) is 0 Å². The summed E-state index contributed by atoms with van der Waals surface area (Å²) in [5.41, 5.74) is 0.698. The Morgan fingerprint density at radius 1 is 1.33 bits per heavy atom. The average Bonchev–Trinajstić information content (AvgIpc) is 2.19. The standard InChI is InChI=1S/C11H13Cl2NO/c1-2-8-11(12,13)10(15)14-9-6-4-3-5-7-9/h3-7H,2,8H2,1H3,(H,14,15). The summed E-state index contributed by atoms with van der Waals surface area (Å²) in [5.74, 6) is -0.376. The van der Waals surface area contributed by atoms with E-state index in [1.54, 1.807) is 12.1 Å². The Labute approximate surface area is 99.6 Å². The van der Waals surface area contributed by atoms with Gasteiger partial charge in [0.25, 0.3) is 5.91 Å². The molecule has 0 aliphatic rings. The van der Waals surface area contributed by atoms with Crippen LogP contribution < -0.4 is 5.32 Å². The molecule has 0 saturated carbocycles. The van der Waals surface area contributed by atoms with Crippen LogP contribution in [0.3, 0.4) is 0 Å². The molecule has 1 rings (SSSR count). The predicted molar refractivity (Wildman–Crippen MR) is 64.4 cm³/mol. The summed E-state index contributed by atoms with van der Waals surface area (Å²) in [5, 5.41) is 2.66. The van der Waals surface area contributed by atoms with Gasteiger partial charge in [0.05, 0.1) is 0 Å². The molecule has 0 spiro atoms. The SMILES string of the molecule is CCCC(Cl)(Cl)C(=O)Nc1ccccc1. The molecule has 0 aromatic heterocycles. The fraction of sp³-hybridized carbons (Fsp3) is 0.364. The number of carbonyl (C=O) groups excluding carboxylic acids is 1. The zero-order chi connectivity index (χ0) is 11.3. The van der Waals surface area contributed by atoms with E-state index in [0.29, 0.717) is 12.1 Å². The fourth-order valence-electron chi connectivity index (χ4n) is 1.17. The Bertz CT molecular complexity index is 325. The summed E-state index contributed by atoms with van der Waals surface area (Å²) in [4.78, 5) is 11.6. The molecule has 1 aromatic rings. The second-order valence-corrected chi connectivity index (χ2v) is 4.76. The molecule has 82 valence electrons. The lowest BCUT2D eigenvalue weighted by Crippen LogP contribution is -2.32. The van der Waals surface area contributed by atoms with Crippen molar-refractivity contribution in [3.8, 4) is 0 Å². The zero-order valence-electron chi connectivity index (χ0n) is 8.47. The van der Waals surface area contributed by atoms with Crippen molar-refractivity contribution in [2.45, 2.75) is 24.1 Å². The van der Waals surface area contributed by atoms with Crippen molar-refractivity contribution in [2.75, 3.05) is 5.32 Å². The highest BCUT2D eigenvalue weighted by Crippen LogP contribution is 2.28. The van der Waals surface area contributed by atoms with Crippen LogP contribution in [0.2, 0.25) is 0 Å². The van der Waals surface area contributed by atoms with Gasteiger partial charge in [0.2, 0.25) is 0 Å². The first kappa shape index (κ1) is 12.3. The van der Waals surface area contributed by atoms with Crippen molar-refractivity contribution < 1.29 is 4.79 Å². The number of anilines is 1. The third-order valence-electron chi connectivity index (χ3n) is 1.93. The third-order valence-corrected chi connectivity index (χ3v) is 2.65. The number of hydrogen-bond donors (Lipinski definition) is 1. The molecule has 0 atom stereocenters. The van der Waals surface area contributed by atoms with Gasteiger partial charge in [-0.15, -0.1) is 0 Å². The van der Waals surface area contributed by atoms with E-state index in [4.69, 9.17) is 23.2 Å². The average molecular weight is 246 g/mol. The Kier molecular flexibility index (Phi) is 4.43. The van der Waals surface area contributed by atoms with E-state index in [-0.39, 0.29) is 5.91 Å². The maximum absolute atomic E-state index is 11.6. The lowest BCUT2D eigenvalue weighted by atomic mass is 10.2. The Morgan fingerprint density at radius 3 is 2.47 bits per heavy atom. The number of para-hydroxylation sites is 1. The van der Waals surface area contributed by atoms with E-state index < -0.39 is 4.33 Å². The quantitative estimate of drug-likeness (QED) is 0.808. The number of hydrogen-bond acceptors (Lipinski definition) is 1. The molecule has 1 amide bonds. The van der Waals surface area contributed by atoms with Crippen LogP contribution in [0.4, 0.5) is 5.69 Å². The smallest absolute Gasteiger partial charge is 0.260 e. The van der Waals surface area contributed by atoms with Crippen molar-refractivity contribution in [2.24, 2.45) is 0 Å². The van der Waals surface area contributed by atoms with Crippen molar-refractivity contribution >= 4 is 34.8 Å². The number of nitrogens with one attached hydrogen (secondary N) is 1. The lowest BCUT2D eigenvalue weighted by molar-refractivity contribution is -0.116. The van der Waals surface area contributed by atoms with Crippen LogP contribution in [0.25, 0.3) is 0 Å². The first-order valence-corrected chi connectivity index (χ1v) is 5.56. The molecular weight excluding hydrogens is 233 g/mol. The van der Waals surface area contributed by atoms with E-state index >= 15 is 0 Å². The monoisotopic (exact) mass is 245 g/mol. The normalized spacial score (nSPS) is 11.1. The summed E-state index contributed by atoms with van der Waals surface area (Å²) >= 11 is 11.8. The third kappa shape index (κ3) is 3.73. The van der Waals surface area contributed by atoms with Gasteiger partial charge in [0, 0.05) is 5.69 Å². The van der Waals surface area contributed by atoms with Crippen LogP contribution in [0, 0.1) is 0 Å². The molecule has 1 aromatic carbocycles. The highest BCUT2D eigenvalue weighted by Gasteiger charge is 2.32. The first-order valence-electron chi connectivity index (χ1n) is 4.80. The van der Waals surface area contributed by atoms with Crippen molar-refractivity contribution in [3.05, 3.63) is 30.3 Å². The van der Waals surface area contributed by atoms with Gasteiger partial charge in [0.15, 0.2) is 4.33 Å². The molecule has 4 heteroatoms. The van der Waals surface area contributed by atoms with Gasteiger partial charge in [-0.1, -0.05) is 54.7 Å².